The van der Waals surface area contributed by atoms with E-state index in [4.69, 9.17) is 9.47 Å². The Morgan fingerprint density at radius 1 is 1.08 bits per heavy atom. The zero-order chi connectivity index (χ0) is 19.3. The molecule has 1 heterocycles. The van der Waals surface area contributed by atoms with Gasteiger partial charge in [-0.15, -0.1) is 0 Å². The molecule has 0 bridgehead atoms. The molecule has 26 heavy (non-hydrogen) atoms. The van der Waals surface area contributed by atoms with Crippen LogP contribution in [0.15, 0.2) is 42.6 Å². The third-order valence-corrected chi connectivity index (χ3v) is 3.30. The number of pyridine rings is 1. The van der Waals surface area contributed by atoms with Crippen molar-refractivity contribution in [3.05, 3.63) is 48.2 Å². The lowest BCUT2D eigenvalue weighted by Crippen LogP contribution is -2.25. The van der Waals surface area contributed by atoms with Gasteiger partial charge in [-0.3, -0.25) is 9.59 Å². The molecule has 8 heteroatoms. The van der Waals surface area contributed by atoms with Crippen molar-refractivity contribution in [2.75, 3.05) is 0 Å². The Kier molecular flexibility index (Phi) is 5.97. The summed E-state index contributed by atoms with van der Waals surface area (Å²) in [7, 11) is 0. The molecule has 0 aliphatic rings. The van der Waals surface area contributed by atoms with Gasteiger partial charge in [-0.25, -0.2) is 4.98 Å². The Labute approximate surface area is 147 Å². The summed E-state index contributed by atoms with van der Waals surface area (Å²) < 4.78 is 48.3. The standard InChI is InChI=1S/C18H16F3NO4/c1-11(23)9-16(24)12(2)25-14-4-6-15(7-5-14)26-17-8-3-13(10-22-17)18(19,20)21/h3-8,10,12H,9H2,1-2H3. The summed E-state index contributed by atoms with van der Waals surface area (Å²) in [4.78, 5) is 26.3. The maximum Gasteiger partial charge on any atom is 0.417 e. The number of nitrogens with zero attached hydrogens (tertiary/aromatic N) is 1. The minimum absolute atomic E-state index is 0.0108. The molecule has 0 saturated carbocycles. The fourth-order valence-corrected chi connectivity index (χ4v) is 1.97. The first-order valence-corrected chi connectivity index (χ1v) is 7.65. The van der Waals surface area contributed by atoms with E-state index in [0.717, 1.165) is 12.1 Å². The number of hydrogen-bond donors (Lipinski definition) is 0. The Morgan fingerprint density at radius 3 is 2.19 bits per heavy atom. The highest BCUT2D eigenvalue weighted by Crippen LogP contribution is 2.30. The van der Waals surface area contributed by atoms with Gasteiger partial charge in [-0.1, -0.05) is 0 Å². The number of benzene rings is 1. The average molecular weight is 367 g/mol. The van der Waals surface area contributed by atoms with E-state index in [0.29, 0.717) is 17.7 Å². The summed E-state index contributed by atoms with van der Waals surface area (Å²) >= 11 is 0. The van der Waals surface area contributed by atoms with Gasteiger partial charge in [-0.05, 0) is 44.2 Å². The molecule has 0 spiro atoms. The SMILES string of the molecule is CC(=O)CC(=O)C(C)Oc1ccc(Oc2ccc(C(F)(F)F)cn2)cc1. The topological polar surface area (TPSA) is 65.5 Å². The maximum absolute atomic E-state index is 12.5. The summed E-state index contributed by atoms with van der Waals surface area (Å²) in [6.07, 6.45) is -4.74. The number of carbonyl (C=O) groups is 2. The number of carbonyl (C=O) groups excluding carboxylic acids is 2. The van der Waals surface area contributed by atoms with Crippen molar-refractivity contribution < 1.29 is 32.2 Å². The second-order valence-electron chi connectivity index (χ2n) is 5.56. The fraction of sp³-hybridized carbons (Fsp3) is 0.278. The van der Waals surface area contributed by atoms with Crippen LogP contribution in [0.1, 0.15) is 25.8 Å². The Balaban J connectivity index is 1.97. The van der Waals surface area contributed by atoms with Crippen LogP contribution in [0.4, 0.5) is 13.2 Å². The van der Waals surface area contributed by atoms with Gasteiger partial charge >= 0.3 is 6.18 Å². The maximum atomic E-state index is 12.5. The molecule has 1 aromatic carbocycles. The molecule has 0 amide bonds. The zero-order valence-electron chi connectivity index (χ0n) is 14.0. The monoisotopic (exact) mass is 367 g/mol. The van der Waals surface area contributed by atoms with Crippen LogP contribution in [-0.2, 0) is 15.8 Å². The van der Waals surface area contributed by atoms with E-state index in [2.05, 4.69) is 4.98 Å². The van der Waals surface area contributed by atoms with Crippen LogP contribution in [0.3, 0.4) is 0 Å². The van der Waals surface area contributed by atoms with Gasteiger partial charge in [0.15, 0.2) is 11.9 Å². The van der Waals surface area contributed by atoms with Gasteiger partial charge in [-0.2, -0.15) is 13.2 Å². The summed E-state index contributed by atoms with van der Waals surface area (Å²) in [5, 5.41) is 0. The van der Waals surface area contributed by atoms with Gasteiger partial charge in [0, 0.05) is 12.3 Å². The summed E-state index contributed by atoms with van der Waals surface area (Å²) in [5.41, 5.74) is -0.863. The van der Waals surface area contributed by atoms with Crippen molar-refractivity contribution in [1.29, 1.82) is 0 Å². The highest BCUT2D eigenvalue weighted by atomic mass is 19.4. The molecule has 0 aliphatic carbocycles. The predicted molar refractivity (Wildman–Crippen MR) is 86.2 cm³/mol. The van der Waals surface area contributed by atoms with E-state index < -0.39 is 17.8 Å². The smallest absolute Gasteiger partial charge is 0.417 e. The van der Waals surface area contributed by atoms with E-state index in [1.165, 1.54) is 31.2 Å². The number of hydrogen-bond acceptors (Lipinski definition) is 5. The second-order valence-corrected chi connectivity index (χ2v) is 5.56. The quantitative estimate of drug-likeness (QED) is 0.686. The molecule has 138 valence electrons. The first-order valence-electron chi connectivity index (χ1n) is 7.65. The van der Waals surface area contributed by atoms with Crippen LogP contribution in [-0.4, -0.2) is 22.7 Å². The molecule has 5 nitrogen and oxygen atoms in total. The minimum Gasteiger partial charge on any atom is -0.483 e. The Morgan fingerprint density at radius 2 is 1.69 bits per heavy atom. The lowest BCUT2D eigenvalue weighted by molar-refractivity contribution is -0.138. The highest BCUT2D eigenvalue weighted by Gasteiger charge is 2.30. The number of aromatic nitrogens is 1. The fourth-order valence-electron chi connectivity index (χ4n) is 1.97. The molecule has 1 aromatic heterocycles. The summed E-state index contributed by atoms with van der Waals surface area (Å²) in [6.45, 7) is 2.87. The van der Waals surface area contributed by atoms with Crippen molar-refractivity contribution in [3.63, 3.8) is 0 Å². The molecule has 0 fully saturated rings. The highest BCUT2D eigenvalue weighted by molar-refractivity contribution is 6.00. The van der Waals surface area contributed by atoms with Crippen molar-refractivity contribution in [3.8, 4) is 17.4 Å². The summed E-state index contributed by atoms with van der Waals surface area (Å²) in [6, 6.07) is 8.12. The van der Waals surface area contributed by atoms with E-state index in [9.17, 15) is 22.8 Å². The summed E-state index contributed by atoms with van der Waals surface area (Å²) in [5.74, 6) is 0.177. The average Bonchev–Trinajstić information content (AvgIpc) is 2.55. The number of halogens is 3. The molecule has 2 rings (SSSR count). The molecule has 2 aromatic rings. The Hall–Kier alpha value is -2.90. The number of ether oxygens (including phenoxy) is 2. The third kappa shape index (κ3) is 5.58. The lowest BCUT2D eigenvalue weighted by atomic mass is 10.1. The van der Waals surface area contributed by atoms with Gasteiger partial charge in [0.25, 0.3) is 0 Å². The van der Waals surface area contributed by atoms with Gasteiger partial charge < -0.3 is 9.47 Å². The first kappa shape index (κ1) is 19.4. The van der Waals surface area contributed by atoms with Gasteiger partial charge in [0.05, 0.1) is 12.0 Å². The number of rotatable bonds is 7. The lowest BCUT2D eigenvalue weighted by Gasteiger charge is -2.13. The van der Waals surface area contributed by atoms with Crippen LogP contribution >= 0.6 is 0 Å². The third-order valence-electron chi connectivity index (χ3n) is 3.30. The molecule has 1 atom stereocenters. The van der Waals surface area contributed by atoms with Crippen molar-refractivity contribution >= 4 is 11.6 Å². The van der Waals surface area contributed by atoms with Crippen molar-refractivity contribution in [1.82, 2.24) is 4.98 Å². The second kappa shape index (κ2) is 7.99. The van der Waals surface area contributed by atoms with Crippen LogP contribution in [0, 0.1) is 0 Å². The molecule has 1 unspecified atom stereocenters. The van der Waals surface area contributed by atoms with Gasteiger partial charge in [0.2, 0.25) is 5.88 Å². The predicted octanol–water partition coefficient (Wildman–Crippen LogP) is 4.21. The molecule has 0 saturated heterocycles. The van der Waals surface area contributed by atoms with Gasteiger partial charge in [0.1, 0.15) is 17.3 Å². The largest absolute Gasteiger partial charge is 0.483 e. The molecular weight excluding hydrogens is 351 g/mol. The number of Topliss-reactive ketones (excluding diaryl/α,β-unsaturated/α-hetero) is 2. The van der Waals surface area contributed by atoms with Crippen LogP contribution in [0.2, 0.25) is 0 Å². The van der Waals surface area contributed by atoms with Crippen LogP contribution in [0.5, 0.6) is 17.4 Å². The van der Waals surface area contributed by atoms with E-state index in [1.54, 1.807) is 6.92 Å². The number of ketones is 2. The van der Waals surface area contributed by atoms with E-state index in [-0.39, 0.29) is 23.9 Å². The first-order chi connectivity index (χ1) is 12.1. The molecule has 0 aliphatic heterocycles. The molecular formula is C18H16F3NO4. The normalized spacial score (nSPS) is 12.3. The Bertz CT molecular complexity index is 771. The minimum atomic E-state index is -4.46. The zero-order valence-corrected chi connectivity index (χ0v) is 14.0. The van der Waals surface area contributed by atoms with Crippen LogP contribution in [0.25, 0.3) is 0 Å². The van der Waals surface area contributed by atoms with Crippen molar-refractivity contribution in [2.24, 2.45) is 0 Å². The van der Waals surface area contributed by atoms with Crippen molar-refractivity contribution in [2.45, 2.75) is 32.5 Å². The molecule has 0 N–H and O–H groups in total. The van der Waals surface area contributed by atoms with Crippen LogP contribution < -0.4 is 9.47 Å². The van der Waals surface area contributed by atoms with E-state index >= 15 is 0 Å². The van der Waals surface area contributed by atoms with E-state index in [1.807, 2.05) is 0 Å². The number of alkyl halides is 3. The molecule has 0 radical (unpaired) electrons.